The van der Waals surface area contributed by atoms with Crippen molar-refractivity contribution in [3.05, 3.63) is 42.1 Å². The van der Waals surface area contributed by atoms with Crippen molar-refractivity contribution < 1.29 is 0 Å². The van der Waals surface area contributed by atoms with Crippen molar-refractivity contribution in [1.82, 2.24) is 9.97 Å². The Labute approximate surface area is 98.2 Å². The highest BCUT2D eigenvalue weighted by atomic mass is 32.2. The summed E-state index contributed by atoms with van der Waals surface area (Å²) in [4.78, 5) is 8.50. The Morgan fingerprint density at radius 3 is 2.56 bits per heavy atom. The number of nitrogens with zero attached hydrogens (tertiary/aromatic N) is 3. The predicted octanol–water partition coefficient (Wildman–Crippen LogP) is 2.74. The molecule has 0 fully saturated rings. The van der Waals surface area contributed by atoms with Crippen molar-refractivity contribution >= 4 is 11.8 Å². The number of rotatable bonds is 2. The van der Waals surface area contributed by atoms with E-state index in [-0.39, 0.29) is 0 Å². The van der Waals surface area contributed by atoms with Crippen LogP contribution in [0.25, 0.3) is 11.3 Å². The SMILES string of the molecule is CSc1nccc(-c2ccc(C#N)cc2)n1. The minimum atomic E-state index is 0.655. The molecule has 0 N–H and O–H groups in total. The van der Waals surface area contributed by atoms with Gasteiger partial charge in [-0.3, -0.25) is 0 Å². The van der Waals surface area contributed by atoms with E-state index in [1.54, 1.807) is 18.3 Å². The third kappa shape index (κ3) is 2.20. The molecule has 0 saturated heterocycles. The van der Waals surface area contributed by atoms with Gasteiger partial charge >= 0.3 is 0 Å². The predicted molar refractivity (Wildman–Crippen MR) is 64.0 cm³/mol. The quantitative estimate of drug-likeness (QED) is 0.584. The van der Waals surface area contributed by atoms with Crippen LogP contribution in [0.4, 0.5) is 0 Å². The summed E-state index contributed by atoms with van der Waals surface area (Å²) in [6, 6.07) is 11.3. The zero-order chi connectivity index (χ0) is 11.4. The molecule has 0 radical (unpaired) electrons. The van der Waals surface area contributed by atoms with Crippen molar-refractivity contribution in [3.63, 3.8) is 0 Å². The molecular weight excluding hydrogens is 218 g/mol. The molecule has 16 heavy (non-hydrogen) atoms. The highest BCUT2D eigenvalue weighted by Crippen LogP contribution is 2.19. The molecule has 2 aromatic rings. The van der Waals surface area contributed by atoms with Crippen LogP contribution in [0, 0.1) is 11.3 Å². The third-order valence-corrected chi connectivity index (χ3v) is 2.69. The Hall–Kier alpha value is -1.86. The molecule has 1 heterocycles. The second kappa shape index (κ2) is 4.77. The van der Waals surface area contributed by atoms with Gasteiger partial charge in [0.15, 0.2) is 5.16 Å². The Bertz CT molecular complexity index is 529. The lowest BCUT2D eigenvalue weighted by atomic mass is 10.1. The maximum atomic E-state index is 8.70. The Balaban J connectivity index is 2.39. The van der Waals surface area contributed by atoms with Crippen LogP contribution < -0.4 is 0 Å². The van der Waals surface area contributed by atoms with Gasteiger partial charge in [-0.1, -0.05) is 23.9 Å². The highest BCUT2D eigenvalue weighted by Gasteiger charge is 2.01. The van der Waals surface area contributed by atoms with Gasteiger partial charge in [0.2, 0.25) is 0 Å². The molecule has 0 aliphatic heterocycles. The summed E-state index contributed by atoms with van der Waals surface area (Å²) in [7, 11) is 0. The molecule has 0 unspecified atom stereocenters. The van der Waals surface area contributed by atoms with Crippen molar-refractivity contribution in [2.24, 2.45) is 0 Å². The van der Waals surface area contributed by atoms with E-state index in [1.807, 2.05) is 24.5 Å². The molecule has 0 aliphatic carbocycles. The van der Waals surface area contributed by atoms with Gasteiger partial charge in [0.1, 0.15) is 0 Å². The van der Waals surface area contributed by atoms with Gasteiger partial charge in [-0.15, -0.1) is 0 Å². The summed E-state index contributed by atoms with van der Waals surface area (Å²) in [5, 5.41) is 9.45. The van der Waals surface area contributed by atoms with Gasteiger partial charge < -0.3 is 0 Å². The van der Waals surface area contributed by atoms with E-state index in [9.17, 15) is 0 Å². The van der Waals surface area contributed by atoms with Gasteiger partial charge in [-0.25, -0.2) is 9.97 Å². The molecule has 3 nitrogen and oxygen atoms in total. The van der Waals surface area contributed by atoms with Crippen LogP contribution in [0.1, 0.15) is 5.56 Å². The van der Waals surface area contributed by atoms with Crippen LogP contribution in [0.5, 0.6) is 0 Å². The highest BCUT2D eigenvalue weighted by molar-refractivity contribution is 7.98. The lowest BCUT2D eigenvalue weighted by Gasteiger charge is -2.01. The molecule has 4 heteroatoms. The summed E-state index contributed by atoms with van der Waals surface area (Å²) in [6.45, 7) is 0. The number of hydrogen-bond acceptors (Lipinski definition) is 4. The first kappa shape index (κ1) is 10.7. The van der Waals surface area contributed by atoms with Crippen molar-refractivity contribution in [3.8, 4) is 17.3 Å². The maximum Gasteiger partial charge on any atom is 0.187 e. The van der Waals surface area contributed by atoms with E-state index in [1.165, 1.54) is 11.8 Å². The van der Waals surface area contributed by atoms with E-state index in [4.69, 9.17) is 5.26 Å². The Kier molecular flexibility index (Phi) is 3.18. The molecule has 0 aliphatic rings. The number of aromatic nitrogens is 2. The first-order valence-corrected chi connectivity index (χ1v) is 5.93. The summed E-state index contributed by atoms with van der Waals surface area (Å²) in [5.74, 6) is 0. The number of thioether (sulfide) groups is 1. The van der Waals surface area contributed by atoms with Crippen LogP contribution in [-0.4, -0.2) is 16.2 Å². The van der Waals surface area contributed by atoms with E-state index in [0.29, 0.717) is 5.56 Å². The zero-order valence-electron chi connectivity index (χ0n) is 8.71. The van der Waals surface area contributed by atoms with E-state index in [2.05, 4.69) is 16.0 Å². The first-order valence-electron chi connectivity index (χ1n) is 4.71. The normalized spacial score (nSPS) is 9.75. The number of nitriles is 1. The minimum absolute atomic E-state index is 0.655. The van der Waals surface area contributed by atoms with Crippen LogP contribution in [0.15, 0.2) is 41.7 Å². The fourth-order valence-electron chi connectivity index (χ4n) is 1.32. The molecule has 2 rings (SSSR count). The van der Waals surface area contributed by atoms with Crippen LogP contribution in [0.2, 0.25) is 0 Å². The summed E-state index contributed by atoms with van der Waals surface area (Å²) >= 11 is 1.51. The van der Waals surface area contributed by atoms with Gasteiger partial charge in [0.05, 0.1) is 17.3 Å². The minimum Gasteiger partial charge on any atom is -0.231 e. The topological polar surface area (TPSA) is 49.6 Å². The molecule has 0 bridgehead atoms. The average Bonchev–Trinajstić information content (AvgIpc) is 2.39. The summed E-state index contributed by atoms with van der Waals surface area (Å²) in [5.41, 5.74) is 2.53. The lowest BCUT2D eigenvalue weighted by Crippen LogP contribution is -1.88. The number of hydrogen-bond donors (Lipinski definition) is 0. The third-order valence-electron chi connectivity index (χ3n) is 2.13. The summed E-state index contributed by atoms with van der Waals surface area (Å²) < 4.78 is 0. The molecule has 1 aromatic carbocycles. The van der Waals surface area contributed by atoms with Crippen LogP contribution in [0.3, 0.4) is 0 Å². The monoisotopic (exact) mass is 227 g/mol. The summed E-state index contributed by atoms with van der Waals surface area (Å²) in [6.07, 6.45) is 3.68. The number of benzene rings is 1. The Morgan fingerprint density at radius 1 is 1.19 bits per heavy atom. The average molecular weight is 227 g/mol. The molecule has 0 atom stereocenters. The fraction of sp³-hybridized carbons (Fsp3) is 0.0833. The first-order chi connectivity index (χ1) is 7.83. The van der Waals surface area contributed by atoms with Crippen molar-refractivity contribution in [1.29, 1.82) is 5.26 Å². The van der Waals surface area contributed by atoms with E-state index >= 15 is 0 Å². The van der Waals surface area contributed by atoms with Gasteiger partial charge in [-0.2, -0.15) is 5.26 Å². The molecule has 1 aromatic heterocycles. The lowest BCUT2D eigenvalue weighted by molar-refractivity contribution is 0.976. The van der Waals surface area contributed by atoms with Gasteiger partial charge in [-0.05, 0) is 24.5 Å². The molecular formula is C12H9N3S. The largest absolute Gasteiger partial charge is 0.231 e. The second-order valence-electron chi connectivity index (χ2n) is 3.12. The fourth-order valence-corrected chi connectivity index (χ4v) is 1.67. The molecule has 0 amide bonds. The molecule has 0 spiro atoms. The molecule has 78 valence electrons. The standard InChI is InChI=1S/C12H9N3S/c1-16-12-14-7-6-11(15-12)10-4-2-9(8-13)3-5-10/h2-7H,1H3. The van der Waals surface area contributed by atoms with Crippen molar-refractivity contribution in [2.45, 2.75) is 5.16 Å². The van der Waals surface area contributed by atoms with Gasteiger partial charge in [0, 0.05) is 11.8 Å². The smallest absolute Gasteiger partial charge is 0.187 e. The van der Waals surface area contributed by atoms with Crippen LogP contribution in [-0.2, 0) is 0 Å². The van der Waals surface area contributed by atoms with E-state index in [0.717, 1.165) is 16.4 Å². The Morgan fingerprint density at radius 2 is 1.94 bits per heavy atom. The second-order valence-corrected chi connectivity index (χ2v) is 3.89. The molecule has 0 saturated carbocycles. The van der Waals surface area contributed by atoms with E-state index < -0.39 is 0 Å². The zero-order valence-corrected chi connectivity index (χ0v) is 9.53. The van der Waals surface area contributed by atoms with Crippen LogP contribution >= 0.6 is 11.8 Å². The van der Waals surface area contributed by atoms with Gasteiger partial charge in [0.25, 0.3) is 0 Å². The van der Waals surface area contributed by atoms with Crippen molar-refractivity contribution in [2.75, 3.05) is 6.26 Å². The maximum absolute atomic E-state index is 8.70.